The standard InChI is InChI=1S/C13H17NO2/c1-8-5-9(13(2,3)4)12-10(6-8)14-11(15)7-16-12/h5-6H,7H2,1-4H3,(H,14,15). The average molecular weight is 219 g/mol. The summed E-state index contributed by atoms with van der Waals surface area (Å²) in [6.07, 6.45) is 0. The lowest BCUT2D eigenvalue weighted by Gasteiger charge is -2.28. The Labute approximate surface area is 95.8 Å². The number of carbonyl (C=O) groups excluding carboxylic acids is 1. The zero-order valence-electron chi connectivity index (χ0n) is 10.2. The summed E-state index contributed by atoms with van der Waals surface area (Å²) >= 11 is 0. The number of ether oxygens (including phenoxy) is 1. The largest absolute Gasteiger partial charge is 0.481 e. The lowest BCUT2D eigenvalue weighted by atomic mass is 9.85. The Morgan fingerprint density at radius 3 is 2.62 bits per heavy atom. The Hall–Kier alpha value is -1.51. The molecule has 0 unspecified atom stereocenters. The first kappa shape index (κ1) is 11.0. The van der Waals surface area contributed by atoms with Crippen molar-refractivity contribution in [3.05, 3.63) is 23.3 Å². The highest BCUT2D eigenvalue weighted by atomic mass is 16.5. The molecule has 1 aromatic rings. The fraction of sp³-hybridized carbons (Fsp3) is 0.462. The van der Waals surface area contributed by atoms with Crippen molar-refractivity contribution in [3.63, 3.8) is 0 Å². The number of fused-ring (bicyclic) bond motifs is 1. The molecule has 1 aliphatic rings. The van der Waals surface area contributed by atoms with Crippen molar-refractivity contribution >= 4 is 11.6 Å². The first-order valence-corrected chi connectivity index (χ1v) is 5.46. The van der Waals surface area contributed by atoms with Crippen LogP contribution in [0.25, 0.3) is 0 Å². The number of rotatable bonds is 0. The van der Waals surface area contributed by atoms with Crippen LogP contribution in [0.15, 0.2) is 12.1 Å². The quantitative estimate of drug-likeness (QED) is 0.728. The second kappa shape index (κ2) is 3.51. The van der Waals surface area contributed by atoms with Crippen molar-refractivity contribution in [2.75, 3.05) is 11.9 Å². The summed E-state index contributed by atoms with van der Waals surface area (Å²) in [6.45, 7) is 8.56. The van der Waals surface area contributed by atoms with Crippen LogP contribution in [0, 0.1) is 6.92 Å². The van der Waals surface area contributed by atoms with E-state index in [0.29, 0.717) is 0 Å². The molecule has 1 aliphatic heterocycles. The molecule has 1 N–H and O–H groups in total. The van der Waals surface area contributed by atoms with Crippen molar-refractivity contribution in [1.29, 1.82) is 0 Å². The van der Waals surface area contributed by atoms with Crippen molar-refractivity contribution in [1.82, 2.24) is 0 Å². The topological polar surface area (TPSA) is 38.3 Å². The fourth-order valence-electron chi connectivity index (χ4n) is 1.90. The first-order valence-electron chi connectivity index (χ1n) is 5.46. The second-order valence-corrected chi connectivity index (χ2v) is 5.28. The predicted octanol–water partition coefficient (Wildman–Crippen LogP) is 2.62. The molecule has 0 fully saturated rings. The summed E-state index contributed by atoms with van der Waals surface area (Å²) in [5.74, 6) is 0.732. The van der Waals surface area contributed by atoms with Crippen molar-refractivity contribution in [2.24, 2.45) is 0 Å². The SMILES string of the molecule is Cc1cc2c(c(C(C)(C)C)c1)OCC(=O)N2. The number of benzene rings is 1. The summed E-state index contributed by atoms with van der Waals surface area (Å²) in [6, 6.07) is 4.07. The molecular weight excluding hydrogens is 202 g/mol. The van der Waals surface area contributed by atoms with E-state index in [1.165, 1.54) is 0 Å². The Balaban J connectivity index is 2.59. The molecule has 0 bridgehead atoms. The Kier molecular flexibility index (Phi) is 2.41. The first-order chi connectivity index (χ1) is 7.38. The van der Waals surface area contributed by atoms with Crippen LogP contribution >= 0.6 is 0 Å². The molecule has 1 aromatic carbocycles. The van der Waals surface area contributed by atoms with Gasteiger partial charge in [-0.3, -0.25) is 4.79 Å². The van der Waals surface area contributed by atoms with Gasteiger partial charge >= 0.3 is 0 Å². The number of hydrogen-bond acceptors (Lipinski definition) is 2. The minimum absolute atomic E-state index is 0.0121. The molecule has 0 radical (unpaired) electrons. The number of nitrogens with one attached hydrogen (secondary N) is 1. The van der Waals surface area contributed by atoms with Gasteiger partial charge in [0.15, 0.2) is 6.61 Å². The minimum atomic E-state index is -0.0852. The molecule has 0 saturated carbocycles. The number of amides is 1. The van der Waals surface area contributed by atoms with Crippen LogP contribution in [0.5, 0.6) is 5.75 Å². The molecule has 1 amide bonds. The summed E-state index contributed by atoms with van der Waals surface area (Å²) in [5.41, 5.74) is 3.08. The van der Waals surface area contributed by atoms with Gasteiger partial charge in [0.1, 0.15) is 5.75 Å². The van der Waals surface area contributed by atoms with Crippen LogP contribution in [0.2, 0.25) is 0 Å². The van der Waals surface area contributed by atoms with Gasteiger partial charge in [-0.15, -0.1) is 0 Å². The van der Waals surface area contributed by atoms with Crippen molar-refractivity contribution < 1.29 is 9.53 Å². The van der Waals surface area contributed by atoms with Gasteiger partial charge in [0.2, 0.25) is 0 Å². The van der Waals surface area contributed by atoms with E-state index in [2.05, 4.69) is 32.2 Å². The van der Waals surface area contributed by atoms with Crippen LogP contribution in [-0.2, 0) is 10.2 Å². The van der Waals surface area contributed by atoms with E-state index >= 15 is 0 Å². The average Bonchev–Trinajstić information content (AvgIpc) is 2.14. The zero-order chi connectivity index (χ0) is 11.9. The van der Waals surface area contributed by atoms with Gasteiger partial charge in [0.25, 0.3) is 5.91 Å². The summed E-state index contributed by atoms with van der Waals surface area (Å²) in [7, 11) is 0. The molecule has 2 rings (SSSR count). The Bertz CT molecular complexity index is 444. The van der Waals surface area contributed by atoms with Crippen LogP contribution in [-0.4, -0.2) is 12.5 Å². The maximum Gasteiger partial charge on any atom is 0.262 e. The van der Waals surface area contributed by atoms with Gasteiger partial charge in [0.05, 0.1) is 5.69 Å². The summed E-state index contributed by atoms with van der Waals surface area (Å²) in [5, 5.41) is 2.85. The maximum absolute atomic E-state index is 11.3. The third-order valence-corrected chi connectivity index (χ3v) is 2.66. The molecule has 16 heavy (non-hydrogen) atoms. The van der Waals surface area contributed by atoms with Crippen molar-refractivity contribution in [2.45, 2.75) is 33.1 Å². The van der Waals surface area contributed by atoms with Crippen molar-refractivity contribution in [3.8, 4) is 5.75 Å². The molecule has 3 heteroatoms. The van der Waals surface area contributed by atoms with E-state index in [9.17, 15) is 4.79 Å². The Morgan fingerprint density at radius 2 is 2.00 bits per heavy atom. The van der Waals surface area contributed by atoms with Crippen LogP contribution in [0.3, 0.4) is 0 Å². The molecular formula is C13H17NO2. The van der Waals surface area contributed by atoms with E-state index in [-0.39, 0.29) is 17.9 Å². The van der Waals surface area contributed by atoms with Crippen LogP contribution < -0.4 is 10.1 Å². The number of anilines is 1. The molecule has 0 spiro atoms. The second-order valence-electron chi connectivity index (χ2n) is 5.28. The van der Waals surface area contributed by atoms with E-state index in [1.807, 2.05) is 13.0 Å². The van der Waals surface area contributed by atoms with E-state index in [1.54, 1.807) is 0 Å². The van der Waals surface area contributed by atoms with E-state index in [4.69, 9.17) is 4.74 Å². The lowest BCUT2D eigenvalue weighted by molar-refractivity contribution is -0.118. The third-order valence-electron chi connectivity index (χ3n) is 2.66. The molecule has 0 saturated heterocycles. The molecule has 3 nitrogen and oxygen atoms in total. The number of aryl methyl sites for hydroxylation is 1. The smallest absolute Gasteiger partial charge is 0.262 e. The van der Waals surface area contributed by atoms with Gasteiger partial charge in [0, 0.05) is 5.56 Å². The molecule has 0 atom stereocenters. The van der Waals surface area contributed by atoms with Gasteiger partial charge in [-0.2, -0.15) is 0 Å². The monoisotopic (exact) mass is 219 g/mol. The van der Waals surface area contributed by atoms with E-state index in [0.717, 1.165) is 22.6 Å². The van der Waals surface area contributed by atoms with Gasteiger partial charge in [-0.05, 0) is 24.0 Å². The molecule has 0 aliphatic carbocycles. The molecule has 1 heterocycles. The van der Waals surface area contributed by atoms with Gasteiger partial charge in [-0.25, -0.2) is 0 Å². The predicted molar refractivity (Wildman–Crippen MR) is 64.0 cm³/mol. The summed E-state index contributed by atoms with van der Waals surface area (Å²) < 4.78 is 5.54. The van der Waals surface area contributed by atoms with Gasteiger partial charge < -0.3 is 10.1 Å². The van der Waals surface area contributed by atoms with Gasteiger partial charge in [-0.1, -0.05) is 26.8 Å². The van der Waals surface area contributed by atoms with E-state index < -0.39 is 0 Å². The third kappa shape index (κ3) is 1.90. The molecule has 86 valence electrons. The highest BCUT2D eigenvalue weighted by Gasteiger charge is 2.25. The number of carbonyl (C=O) groups is 1. The lowest BCUT2D eigenvalue weighted by Crippen LogP contribution is -2.27. The van der Waals surface area contributed by atoms with Crippen LogP contribution in [0.1, 0.15) is 31.9 Å². The maximum atomic E-state index is 11.3. The summed E-state index contributed by atoms with van der Waals surface area (Å²) in [4.78, 5) is 11.3. The minimum Gasteiger partial charge on any atom is -0.481 e. The highest BCUT2D eigenvalue weighted by Crippen LogP contribution is 2.39. The van der Waals surface area contributed by atoms with Crippen LogP contribution in [0.4, 0.5) is 5.69 Å². The normalized spacial score (nSPS) is 15.1. The Morgan fingerprint density at radius 1 is 1.31 bits per heavy atom. The number of hydrogen-bond donors (Lipinski definition) is 1. The zero-order valence-corrected chi connectivity index (χ0v) is 10.2. The highest BCUT2D eigenvalue weighted by molar-refractivity contribution is 5.96. The fourth-order valence-corrected chi connectivity index (χ4v) is 1.90. The molecule has 0 aromatic heterocycles.